The van der Waals surface area contributed by atoms with Crippen molar-refractivity contribution in [3.8, 4) is 5.75 Å². The normalized spacial score (nSPS) is 18.1. The van der Waals surface area contributed by atoms with Crippen LogP contribution in [0.2, 0.25) is 0 Å². The number of hydrogen-bond donors (Lipinski definition) is 2. The number of nitrogens with one attached hydrogen (secondary N) is 1. The lowest BCUT2D eigenvalue weighted by Crippen LogP contribution is -2.54. The van der Waals surface area contributed by atoms with Crippen molar-refractivity contribution in [2.45, 2.75) is 18.9 Å². The molecule has 2 aliphatic heterocycles. The second-order valence-electron chi connectivity index (χ2n) is 6.52. The van der Waals surface area contributed by atoms with Gasteiger partial charge >= 0.3 is 0 Å². The maximum absolute atomic E-state index is 12.9. The first kappa shape index (κ1) is 22.3. The number of halogens is 1. The summed E-state index contributed by atoms with van der Waals surface area (Å²) in [4.78, 5) is 63.3. The highest BCUT2D eigenvalue weighted by Crippen LogP contribution is 2.33. The maximum Gasteiger partial charge on any atom is 0.266 e. The molecule has 0 bridgehead atoms. The maximum atomic E-state index is 12.9. The third kappa shape index (κ3) is 4.22. The molecule has 0 radical (unpaired) electrons. The van der Waals surface area contributed by atoms with Gasteiger partial charge in [0.05, 0.1) is 11.1 Å². The highest BCUT2D eigenvalue weighted by molar-refractivity contribution is 6.24. The molecular weight excluding hydrogens is 404 g/mol. The standard InChI is InChI=1S/C18H20N4O6.ClH/c1-21(8-7-19)14(24)9-28-12-4-2-3-10-15(12)18(27)22(17(10)26)11-5-6-13(23)20-16(11)25;/h2-4,11H,5-9,19H2,1H3,(H,20,23,25);1H. The number of carbonyl (C=O) groups excluding carboxylic acids is 5. The number of likely N-dealkylation sites (N-methyl/N-ethyl adjacent to an activating group) is 1. The zero-order valence-corrected chi connectivity index (χ0v) is 16.5. The third-order valence-corrected chi connectivity index (χ3v) is 4.67. The fraction of sp³-hybridized carbons (Fsp3) is 0.389. The van der Waals surface area contributed by atoms with Gasteiger partial charge in [0.2, 0.25) is 11.8 Å². The van der Waals surface area contributed by atoms with Crippen molar-refractivity contribution in [1.29, 1.82) is 0 Å². The zero-order chi connectivity index (χ0) is 20.4. The second-order valence-corrected chi connectivity index (χ2v) is 6.52. The van der Waals surface area contributed by atoms with Gasteiger partial charge in [-0.3, -0.25) is 34.2 Å². The van der Waals surface area contributed by atoms with Gasteiger partial charge in [0.15, 0.2) is 6.61 Å². The third-order valence-electron chi connectivity index (χ3n) is 4.67. The number of imide groups is 2. The molecule has 10 nitrogen and oxygen atoms in total. The minimum atomic E-state index is -1.06. The van der Waals surface area contributed by atoms with Crippen molar-refractivity contribution in [3.05, 3.63) is 29.3 Å². The molecule has 1 fully saturated rings. The van der Waals surface area contributed by atoms with Gasteiger partial charge in [-0.1, -0.05) is 6.07 Å². The molecule has 3 rings (SSSR count). The van der Waals surface area contributed by atoms with Crippen LogP contribution in [0.4, 0.5) is 0 Å². The lowest BCUT2D eigenvalue weighted by molar-refractivity contribution is -0.136. The van der Waals surface area contributed by atoms with Crippen LogP contribution in [0.25, 0.3) is 0 Å². The number of nitrogens with two attached hydrogens (primary N) is 1. The van der Waals surface area contributed by atoms with Gasteiger partial charge in [-0.15, -0.1) is 12.4 Å². The molecule has 1 saturated heterocycles. The number of hydrogen-bond acceptors (Lipinski definition) is 7. The number of nitrogens with zero attached hydrogens (tertiary/aromatic N) is 2. The summed E-state index contributed by atoms with van der Waals surface area (Å²) in [5, 5.41) is 2.14. The van der Waals surface area contributed by atoms with E-state index in [-0.39, 0.29) is 54.6 Å². The predicted molar refractivity (Wildman–Crippen MR) is 103 cm³/mol. The number of piperidine rings is 1. The quantitative estimate of drug-likeness (QED) is 0.576. The highest BCUT2D eigenvalue weighted by Gasteiger charge is 2.46. The average molecular weight is 425 g/mol. The predicted octanol–water partition coefficient (Wildman–Crippen LogP) is -0.694. The number of benzene rings is 1. The van der Waals surface area contributed by atoms with Gasteiger partial charge in [0.1, 0.15) is 11.8 Å². The van der Waals surface area contributed by atoms with Crippen molar-refractivity contribution in [1.82, 2.24) is 15.1 Å². The topological polar surface area (TPSA) is 139 Å². The molecule has 29 heavy (non-hydrogen) atoms. The lowest BCUT2D eigenvalue weighted by atomic mass is 10.0. The van der Waals surface area contributed by atoms with Crippen LogP contribution in [-0.2, 0) is 14.4 Å². The van der Waals surface area contributed by atoms with E-state index < -0.39 is 29.7 Å². The molecule has 0 aliphatic carbocycles. The number of fused-ring (bicyclic) bond motifs is 1. The Bertz CT molecular complexity index is 874. The van der Waals surface area contributed by atoms with Crippen LogP contribution in [0.15, 0.2) is 18.2 Å². The number of ether oxygens (including phenoxy) is 1. The van der Waals surface area contributed by atoms with Crippen LogP contribution in [-0.4, -0.2) is 72.1 Å². The minimum absolute atomic E-state index is 0. The summed E-state index contributed by atoms with van der Waals surface area (Å²) in [7, 11) is 1.58. The van der Waals surface area contributed by atoms with Crippen molar-refractivity contribution < 1.29 is 28.7 Å². The van der Waals surface area contributed by atoms with Crippen molar-refractivity contribution in [3.63, 3.8) is 0 Å². The highest BCUT2D eigenvalue weighted by atomic mass is 35.5. The van der Waals surface area contributed by atoms with E-state index in [4.69, 9.17) is 10.5 Å². The minimum Gasteiger partial charge on any atom is -0.483 e. The molecule has 3 N–H and O–H groups in total. The molecule has 1 aromatic rings. The Kier molecular flexibility index (Phi) is 6.93. The second kappa shape index (κ2) is 9.01. The molecule has 1 atom stereocenters. The molecule has 0 aromatic heterocycles. The number of amides is 5. The summed E-state index contributed by atoms with van der Waals surface area (Å²) in [6.07, 6.45) is 0.101. The Morgan fingerprint density at radius 1 is 1.28 bits per heavy atom. The summed E-state index contributed by atoms with van der Waals surface area (Å²) in [6.45, 7) is 0.333. The number of rotatable bonds is 6. The van der Waals surface area contributed by atoms with Crippen LogP contribution in [0.3, 0.4) is 0 Å². The molecule has 1 unspecified atom stereocenters. The van der Waals surface area contributed by atoms with Gasteiger partial charge in [-0.2, -0.15) is 0 Å². The van der Waals surface area contributed by atoms with Gasteiger partial charge in [0, 0.05) is 26.6 Å². The Hall–Kier alpha value is -2.98. The van der Waals surface area contributed by atoms with E-state index in [1.807, 2.05) is 0 Å². The monoisotopic (exact) mass is 424 g/mol. The zero-order valence-electron chi connectivity index (χ0n) is 15.7. The molecule has 5 amide bonds. The summed E-state index contributed by atoms with van der Waals surface area (Å²) in [5.41, 5.74) is 5.51. The Morgan fingerprint density at radius 2 is 2.00 bits per heavy atom. The van der Waals surface area contributed by atoms with Crippen LogP contribution < -0.4 is 15.8 Å². The summed E-state index contributed by atoms with van der Waals surface area (Å²) in [6, 6.07) is 3.40. The molecule has 1 aromatic carbocycles. The summed E-state index contributed by atoms with van der Waals surface area (Å²) >= 11 is 0. The van der Waals surface area contributed by atoms with Crippen LogP contribution in [0.1, 0.15) is 33.6 Å². The van der Waals surface area contributed by atoms with Gasteiger partial charge in [0.25, 0.3) is 17.7 Å². The Balaban J connectivity index is 0.00000300. The molecule has 2 aliphatic rings. The molecule has 156 valence electrons. The fourth-order valence-corrected chi connectivity index (χ4v) is 3.17. The Labute approximate surface area is 172 Å². The van der Waals surface area contributed by atoms with E-state index in [9.17, 15) is 24.0 Å². The van der Waals surface area contributed by atoms with E-state index in [1.165, 1.54) is 23.1 Å². The summed E-state index contributed by atoms with van der Waals surface area (Å²) in [5.74, 6) is -2.70. The number of carbonyl (C=O) groups is 5. The van der Waals surface area contributed by atoms with Crippen LogP contribution >= 0.6 is 12.4 Å². The fourth-order valence-electron chi connectivity index (χ4n) is 3.17. The lowest BCUT2D eigenvalue weighted by Gasteiger charge is -2.27. The van der Waals surface area contributed by atoms with E-state index in [2.05, 4.69) is 5.32 Å². The summed E-state index contributed by atoms with van der Waals surface area (Å²) < 4.78 is 5.49. The molecule has 0 saturated carbocycles. The first-order chi connectivity index (χ1) is 13.3. The van der Waals surface area contributed by atoms with Crippen LogP contribution in [0.5, 0.6) is 5.75 Å². The van der Waals surface area contributed by atoms with E-state index in [1.54, 1.807) is 7.05 Å². The Morgan fingerprint density at radius 3 is 2.66 bits per heavy atom. The van der Waals surface area contributed by atoms with Gasteiger partial charge in [-0.25, -0.2) is 0 Å². The molecule has 0 spiro atoms. The molecule has 2 heterocycles. The van der Waals surface area contributed by atoms with E-state index >= 15 is 0 Å². The van der Waals surface area contributed by atoms with Crippen molar-refractivity contribution >= 4 is 41.9 Å². The van der Waals surface area contributed by atoms with E-state index in [0.717, 1.165) is 4.90 Å². The van der Waals surface area contributed by atoms with Crippen molar-refractivity contribution in [2.75, 3.05) is 26.7 Å². The van der Waals surface area contributed by atoms with Gasteiger partial charge in [-0.05, 0) is 18.6 Å². The largest absolute Gasteiger partial charge is 0.483 e. The molecular formula is C18H21ClN4O6. The first-order valence-corrected chi connectivity index (χ1v) is 8.76. The first-order valence-electron chi connectivity index (χ1n) is 8.76. The molecule has 11 heteroatoms. The smallest absolute Gasteiger partial charge is 0.266 e. The van der Waals surface area contributed by atoms with Crippen molar-refractivity contribution in [2.24, 2.45) is 5.73 Å². The average Bonchev–Trinajstić information content (AvgIpc) is 2.91. The SMILES string of the molecule is CN(CCN)C(=O)COc1cccc2c1C(=O)N(C1CCC(=O)NC1=O)C2=O.Cl. The van der Waals surface area contributed by atoms with Crippen LogP contribution in [0, 0.1) is 0 Å². The van der Waals surface area contributed by atoms with Gasteiger partial charge < -0.3 is 15.4 Å². The van der Waals surface area contributed by atoms with E-state index in [0.29, 0.717) is 13.1 Å².